The van der Waals surface area contributed by atoms with Gasteiger partial charge in [-0.1, -0.05) is 13.3 Å². The monoisotopic (exact) mass is 274 g/mol. The maximum absolute atomic E-state index is 12.4. The van der Waals surface area contributed by atoms with Crippen LogP contribution in [-0.4, -0.2) is 26.7 Å². The highest BCUT2D eigenvalue weighted by molar-refractivity contribution is 6.05. The molecule has 3 rings (SSSR count). The van der Waals surface area contributed by atoms with Gasteiger partial charge in [0.1, 0.15) is 5.82 Å². The van der Waals surface area contributed by atoms with E-state index < -0.39 is 0 Å². The second-order valence-electron chi connectivity index (χ2n) is 5.65. The van der Waals surface area contributed by atoms with Crippen molar-refractivity contribution in [2.24, 2.45) is 17.8 Å². The number of hydrogen-bond acceptors (Lipinski definition) is 5. The molecule has 2 unspecified atom stereocenters. The van der Waals surface area contributed by atoms with Crippen LogP contribution in [0.2, 0.25) is 0 Å². The molecule has 6 heteroatoms. The number of carbonyl (C=O) groups excluding carboxylic acids is 2. The van der Waals surface area contributed by atoms with Crippen LogP contribution < -0.4 is 5.73 Å². The number of amides is 2. The molecule has 106 valence electrons. The molecule has 1 aromatic heterocycles. The average molecular weight is 274 g/mol. The molecule has 2 N–H and O–H groups in total. The lowest BCUT2D eigenvalue weighted by atomic mass is 10.00. The number of anilines is 1. The van der Waals surface area contributed by atoms with E-state index >= 15 is 0 Å². The Hall–Kier alpha value is -1.98. The van der Waals surface area contributed by atoms with Gasteiger partial charge in [-0.2, -0.15) is 0 Å². The minimum atomic E-state index is -0.116. The molecule has 0 radical (unpaired) electrons. The first-order valence-corrected chi connectivity index (χ1v) is 7.01. The summed E-state index contributed by atoms with van der Waals surface area (Å²) in [7, 11) is 0. The topological polar surface area (TPSA) is 89.2 Å². The molecule has 0 bridgehead atoms. The highest BCUT2D eigenvalue weighted by Crippen LogP contribution is 2.44. The highest BCUT2D eigenvalue weighted by Gasteiger charge is 2.52. The molecule has 2 fully saturated rings. The summed E-state index contributed by atoms with van der Waals surface area (Å²) >= 11 is 0. The van der Waals surface area contributed by atoms with Crippen molar-refractivity contribution in [3.8, 4) is 0 Å². The van der Waals surface area contributed by atoms with Crippen molar-refractivity contribution in [2.75, 3.05) is 5.73 Å². The molecular formula is C14H18N4O2. The number of likely N-dealkylation sites (tertiary alicyclic amines) is 1. The van der Waals surface area contributed by atoms with Crippen molar-refractivity contribution in [1.29, 1.82) is 0 Å². The Labute approximate surface area is 117 Å². The number of fused-ring (bicyclic) bond motifs is 1. The third-order valence-corrected chi connectivity index (χ3v) is 4.45. The number of nitrogens with zero attached hydrogens (tertiary/aromatic N) is 3. The van der Waals surface area contributed by atoms with Gasteiger partial charge >= 0.3 is 0 Å². The normalized spacial score (nSPS) is 29.1. The molecule has 2 heterocycles. The number of rotatable bonds is 3. The van der Waals surface area contributed by atoms with E-state index in [2.05, 4.69) is 16.9 Å². The van der Waals surface area contributed by atoms with Gasteiger partial charge in [-0.15, -0.1) is 0 Å². The standard InChI is InChI=1S/C14H18N4O2/c1-2-8-3-10-11(4-8)14(20)18(13(10)19)7-9-5-17-12(15)6-16-9/h5-6,8,10-11H,2-4,7H2,1H3,(H2,15,17). The Balaban J connectivity index is 1.75. The third-order valence-electron chi connectivity index (χ3n) is 4.45. The van der Waals surface area contributed by atoms with Gasteiger partial charge < -0.3 is 5.73 Å². The van der Waals surface area contributed by atoms with E-state index in [-0.39, 0.29) is 30.2 Å². The number of carbonyl (C=O) groups is 2. The fraction of sp³-hybridized carbons (Fsp3) is 0.571. The van der Waals surface area contributed by atoms with E-state index in [9.17, 15) is 9.59 Å². The second kappa shape index (κ2) is 4.85. The Morgan fingerprint density at radius 3 is 2.35 bits per heavy atom. The molecule has 1 saturated heterocycles. The largest absolute Gasteiger partial charge is 0.382 e. The van der Waals surface area contributed by atoms with Gasteiger partial charge in [0.2, 0.25) is 11.8 Å². The molecule has 1 aliphatic heterocycles. The lowest BCUT2D eigenvalue weighted by Gasteiger charge is -2.16. The van der Waals surface area contributed by atoms with Gasteiger partial charge in [0.15, 0.2) is 0 Å². The van der Waals surface area contributed by atoms with Crippen LogP contribution in [0.25, 0.3) is 0 Å². The summed E-state index contributed by atoms with van der Waals surface area (Å²) in [6, 6.07) is 0. The summed E-state index contributed by atoms with van der Waals surface area (Å²) in [5.41, 5.74) is 6.06. The number of hydrogen-bond donors (Lipinski definition) is 1. The van der Waals surface area contributed by atoms with Gasteiger partial charge in [0.05, 0.1) is 36.5 Å². The zero-order valence-corrected chi connectivity index (χ0v) is 11.5. The first-order chi connectivity index (χ1) is 9.60. The van der Waals surface area contributed by atoms with Crippen molar-refractivity contribution < 1.29 is 9.59 Å². The predicted molar refractivity (Wildman–Crippen MR) is 72.0 cm³/mol. The van der Waals surface area contributed by atoms with Crippen LogP contribution in [0.15, 0.2) is 12.4 Å². The quantitative estimate of drug-likeness (QED) is 0.830. The van der Waals surface area contributed by atoms with Crippen molar-refractivity contribution in [1.82, 2.24) is 14.9 Å². The molecule has 0 aromatic carbocycles. The average Bonchev–Trinajstić information content (AvgIpc) is 2.97. The molecule has 1 aromatic rings. The van der Waals surface area contributed by atoms with Crippen LogP contribution in [-0.2, 0) is 16.1 Å². The van der Waals surface area contributed by atoms with Gasteiger partial charge in [-0.05, 0) is 18.8 Å². The summed E-state index contributed by atoms with van der Waals surface area (Å²) in [6.45, 7) is 2.32. The van der Waals surface area contributed by atoms with Crippen LogP contribution in [0, 0.1) is 17.8 Å². The van der Waals surface area contributed by atoms with E-state index in [1.807, 2.05) is 0 Å². The maximum atomic E-state index is 12.4. The molecule has 2 atom stereocenters. The molecule has 6 nitrogen and oxygen atoms in total. The number of imide groups is 1. The fourth-order valence-corrected chi connectivity index (χ4v) is 3.30. The van der Waals surface area contributed by atoms with Crippen molar-refractivity contribution in [2.45, 2.75) is 32.7 Å². The van der Waals surface area contributed by atoms with Crippen LogP contribution in [0.5, 0.6) is 0 Å². The smallest absolute Gasteiger partial charge is 0.233 e. The minimum absolute atomic E-state index is 0.0467. The molecular weight excluding hydrogens is 256 g/mol. The Bertz CT molecular complexity index is 519. The summed E-state index contributed by atoms with van der Waals surface area (Å²) in [6.07, 6.45) is 5.68. The molecule has 20 heavy (non-hydrogen) atoms. The molecule has 1 aliphatic carbocycles. The van der Waals surface area contributed by atoms with Gasteiger partial charge in [0, 0.05) is 0 Å². The van der Waals surface area contributed by atoms with Crippen molar-refractivity contribution in [3.63, 3.8) is 0 Å². The number of nitrogen functional groups attached to an aromatic ring is 1. The zero-order chi connectivity index (χ0) is 14.3. The Morgan fingerprint density at radius 1 is 1.20 bits per heavy atom. The fourth-order valence-electron chi connectivity index (χ4n) is 3.30. The van der Waals surface area contributed by atoms with Crippen LogP contribution in [0.4, 0.5) is 5.82 Å². The lowest BCUT2D eigenvalue weighted by molar-refractivity contribution is -0.141. The van der Waals surface area contributed by atoms with Gasteiger partial charge in [-0.3, -0.25) is 19.5 Å². The van der Waals surface area contributed by atoms with E-state index in [0.717, 1.165) is 19.3 Å². The van der Waals surface area contributed by atoms with E-state index in [0.29, 0.717) is 17.4 Å². The number of nitrogens with two attached hydrogens (primary N) is 1. The zero-order valence-electron chi connectivity index (χ0n) is 11.5. The first-order valence-electron chi connectivity index (χ1n) is 7.01. The Kier molecular flexibility index (Phi) is 3.16. The Morgan fingerprint density at radius 2 is 1.85 bits per heavy atom. The lowest BCUT2D eigenvalue weighted by Crippen LogP contribution is -2.32. The summed E-state index contributed by atoms with van der Waals surface area (Å²) in [4.78, 5) is 34.1. The van der Waals surface area contributed by atoms with E-state index in [1.165, 1.54) is 17.3 Å². The molecule has 2 aliphatic rings. The van der Waals surface area contributed by atoms with Crippen LogP contribution in [0.1, 0.15) is 31.9 Å². The molecule has 2 amide bonds. The summed E-state index contributed by atoms with van der Waals surface area (Å²) in [5.74, 6) is 0.513. The minimum Gasteiger partial charge on any atom is -0.382 e. The van der Waals surface area contributed by atoms with Crippen LogP contribution in [0.3, 0.4) is 0 Å². The summed E-state index contributed by atoms with van der Waals surface area (Å²) < 4.78 is 0. The third kappa shape index (κ3) is 2.05. The van der Waals surface area contributed by atoms with Gasteiger partial charge in [0.25, 0.3) is 0 Å². The van der Waals surface area contributed by atoms with Crippen LogP contribution >= 0.6 is 0 Å². The summed E-state index contributed by atoms with van der Waals surface area (Å²) in [5, 5.41) is 0. The van der Waals surface area contributed by atoms with E-state index in [1.54, 1.807) is 0 Å². The molecule has 1 saturated carbocycles. The van der Waals surface area contributed by atoms with E-state index in [4.69, 9.17) is 5.73 Å². The maximum Gasteiger partial charge on any atom is 0.233 e. The van der Waals surface area contributed by atoms with Crippen molar-refractivity contribution >= 4 is 17.6 Å². The highest BCUT2D eigenvalue weighted by atomic mass is 16.2. The predicted octanol–water partition coefficient (Wildman–Crippen LogP) is 0.980. The van der Waals surface area contributed by atoms with Crippen molar-refractivity contribution in [3.05, 3.63) is 18.1 Å². The first kappa shape index (κ1) is 13.0. The number of aromatic nitrogens is 2. The SMILES string of the molecule is CCC1CC2C(=O)N(Cc3cnc(N)cn3)C(=O)C2C1. The molecule has 0 spiro atoms. The second-order valence-corrected chi connectivity index (χ2v) is 5.65. The van der Waals surface area contributed by atoms with Gasteiger partial charge in [-0.25, -0.2) is 4.98 Å².